The second kappa shape index (κ2) is 8.67. The Kier molecular flexibility index (Phi) is 6.06. The van der Waals surface area contributed by atoms with E-state index in [0.717, 1.165) is 44.7 Å². The highest BCUT2D eigenvalue weighted by molar-refractivity contribution is 5.74. The Morgan fingerprint density at radius 3 is 2.76 bits per heavy atom. The molecule has 2 N–H and O–H groups in total. The van der Waals surface area contributed by atoms with Crippen molar-refractivity contribution in [1.29, 1.82) is 0 Å². The van der Waals surface area contributed by atoms with Gasteiger partial charge in [-0.15, -0.1) is 0 Å². The molecule has 1 saturated heterocycles. The van der Waals surface area contributed by atoms with Gasteiger partial charge in [-0.05, 0) is 38.5 Å². The lowest BCUT2D eigenvalue weighted by molar-refractivity contribution is 0.214. The first-order valence-electron chi connectivity index (χ1n) is 8.97. The summed E-state index contributed by atoms with van der Waals surface area (Å²) in [5.74, 6) is 0.989. The molecule has 0 spiro atoms. The van der Waals surface area contributed by atoms with Gasteiger partial charge in [-0.25, -0.2) is 9.78 Å². The quantitative estimate of drug-likeness (QED) is 0.843. The zero-order chi connectivity index (χ0) is 17.5. The summed E-state index contributed by atoms with van der Waals surface area (Å²) in [6.45, 7) is 3.48. The summed E-state index contributed by atoms with van der Waals surface area (Å²) in [5, 5.41) is 6.02. The summed E-state index contributed by atoms with van der Waals surface area (Å²) in [6.07, 6.45) is 6.56. The van der Waals surface area contributed by atoms with Crippen molar-refractivity contribution in [2.45, 2.75) is 31.8 Å². The third-order valence-corrected chi connectivity index (χ3v) is 4.69. The van der Waals surface area contributed by atoms with Crippen LogP contribution in [0, 0.1) is 0 Å². The highest BCUT2D eigenvalue weighted by Gasteiger charge is 2.18. The lowest BCUT2D eigenvalue weighted by atomic mass is 10.1. The zero-order valence-electron chi connectivity index (χ0n) is 14.8. The number of aromatic nitrogens is 2. The van der Waals surface area contributed by atoms with E-state index in [1.807, 2.05) is 30.6 Å². The Morgan fingerprint density at radius 1 is 1.24 bits per heavy atom. The van der Waals surface area contributed by atoms with Crippen molar-refractivity contribution >= 4 is 6.03 Å². The highest BCUT2D eigenvalue weighted by Crippen LogP contribution is 2.08. The minimum Gasteiger partial charge on any atom is -0.338 e. The molecule has 3 rings (SSSR count). The average molecular weight is 341 g/mol. The minimum atomic E-state index is -0.0734. The molecule has 0 bridgehead atoms. The van der Waals surface area contributed by atoms with E-state index in [9.17, 15) is 4.79 Å². The number of likely N-dealkylation sites (tertiary alicyclic amines) is 1. The second-order valence-corrected chi connectivity index (χ2v) is 6.68. The van der Waals surface area contributed by atoms with Crippen LogP contribution in [0.1, 0.15) is 24.2 Å². The van der Waals surface area contributed by atoms with Crippen molar-refractivity contribution in [3.8, 4) is 0 Å². The van der Waals surface area contributed by atoms with E-state index in [2.05, 4.69) is 44.3 Å². The number of carbonyl (C=O) groups excluding carboxylic acids is 1. The molecule has 0 aliphatic carbocycles. The summed E-state index contributed by atoms with van der Waals surface area (Å²) in [5.41, 5.74) is 1.25. The monoisotopic (exact) mass is 341 g/mol. The van der Waals surface area contributed by atoms with Crippen LogP contribution in [0.5, 0.6) is 0 Å². The Bertz CT molecular complexity index is 661. The number of imidazole rings is 1. The maximum Gasteiger partial charge on any atom is 0.315 e. The van der Waals surface area contributed by atoms with Gasteiger partial charge in [0.15, 0.2) is 0 Å². The summed E-state index contributed by atoms with van der Waals surface area (Å²) in [7, 11) is 2.12. The minimum absolute atomic E-state index is 0.0734. The molecule has 25 heavy (non-hydrogen) atoms. The summed E-state index contributed by atoms with van der Waals surface area (Å²) in [6, 6.07) is 10.5. The number of amides is 2. The van der Waals surface area contributed by atoms with Gasteiger partial charge in [0.1, 0.15) is 5.82 Å². The average Bonchev–Trinajstić information content (AvgIpc) is 3.05. The maximum absolute atomic E-state index is 12.0. The van der Waals surface area contributed by atoms with Gasteiger partial charge < -0.3 is 20.1 Å². The van der Waals surface area contributed by atoms with Gasteiger partial charge >= 0.3 is 6.03 Å². The van der Waals surface area contributed by atoms with Crippen molar-refractivity contribution in [1.82, 2.24) is 25.1 Å². The predicted molar refractivity (Wildman–Crippen MR) is 98.5 cm³/mol. The molecular weight excluding hydrogens is 314 g/mol. The molecule has 0 unspecified atom stereocenters. The van der Waals surface area contributed by atoms with E-state index >= 15 is 0 Å². The lowest BCUT2D eigenvalue weighted by Gasteiger charge is -2.29. The lowest BCUT2D eigenvalue weighted by Crippen LogP contribution is -2.47. The largest absolute Gasteiger partial charge is 0.338 e. The number of carbonyl (C=O) groups is 1. The molecule has 6 heteroatoms. The fraction of sp³-hybridized carbons (Fsp3) is 0.474. The van der Waals surface area contributed by atoms with Crippen molar-refractivity contribution in [2.24, 2.45) is 0 Å². The van der Waals surface area contributed by atoms with Gasteiger partial charge in [0.2, 0.25) is 0 Å². The number of rotatable bonds is 6. The molecule has 1 aliphatic heterocycles. The van der Waals surface area contributed by atoms with Crippen LogP contribution >= 0.6 is 0 Å². The van der Waals surface area contributed by atoms with E-state index in [4.69, 9.17) is 0 Å². The smallest absolute Gasteiger partial charge is 0.315 e. The van der Waals surface area contributed by atoms with Crippen LogP contribution in [0.15, 0.2) is 42.7 Å². The first-order chi connectivity index (χ1) is 12.2. The first kappa shape index (κ1) is 17.5. The number of nitrogens with zero attached hydrogens (tertiary/aromatic N) is 3. The molecule has 0 saturated carbocycles. The number of urea groups is 1. The Hall–Kier alpha value is -2.34. The van der Waals surface area contributed by atoms with Crippen molar-refractivity contribution < 1.29 is 4.79 Å². The predicted octanol–water partition coefficient (Wildman–Crippen LogP) is 1.87. The van der Waals surface area contributed by atoms with Crippen LogP contribution in [-0.4, -0.2) is 53.2 Å². The molecular formula is C19H27N5O. The van der Waals surface area contributed by atoms with E-state index < -0.39 is 0 Å². The second-order valence-electron chi connectivity index (χ2n) is 6.68. The summed E-state index contributed by atoms with van der Waals surface area (Å²) in [4.78, 5) is 18.7. The van der Waals surface area contributed by atoms with Crippen LogP contribution in [0.25, 0.3) is 0 Å². The molecule has 1 aliphatic rings. The van der Waals surface area contributed by atoms with Crippen molar-refractivity contribution in [3.05, 3.63) is 54.1 Å². The SMILES string of the molecule is CN1CCC(NC(=O)NCCc2nccn2Cc2ccccc2)CC1. The Morgan fingerprint density at radius 2 is 2.00 bits per heavy atom. The van der Waals surface area contributed by atoms with Crippen molar-refractivity contribution in [2.75, 3.05) is 26.7 Å². The molecule has 2 aromatic rings. The normalized spacial score (nSPS) is 15.9. The molecule has 1 aromatic carbocycles. The maximum atomic E-state index is 12.0. The number of hydrogen-bond acceptors (Lipinski definition) is 3. The van der Waals surface area contributed by atoms with E-state index in [0.29, 0.717) is 6.54 Å². The van der Waals surface area contributed by atoms with Gasteiger partial charge in [-0.3, -0.25) is 0 Å². The van der Waals surface area contributed by atoms with Crippen LogP contribution in [0.3, 0.4) is 0 Å². The van der Waals surface area contributed by atoms with Gasteiger partial charge in [-0.2, -0.15) is 0 Å². The van der Waals surface area contributed by atoms with Gasteiger partial charge in [0, 0.05) is 37.9 Å². The number of benzene rings is 1. The summed E-state index contributed by atoms with van der Waals surface area (Å²) < 4.78 is 2.13. The highest BCUT2D eigenvalue weighted by atomic mass is 16.2. The van der Waals surface area contributed by atoms with Crippen LogP contribution < -0.4 is 10.6 Å². The zero-order valence-corrected chi connectivity index (χ0v) is 14.8. The van der Waals surface area contributed by atoms with Gasteiger partial charge in [0.05, 0.1) is 0 Å². The van der Waals surface area contributed by atoms with E-state index in [-0.39, 0.29) is 12.1 Å². The third-order valence-electron chi connectivity index (χ3n) is 4.69. The molecule has 6 nitrogen and oxygen atoms in total. The fourth-order valence-corrected chi connectivity index (χ4v) is 3.17. The standard InChI is InChI=1S/C19H27N5O/c1-23-12-8-17(9-13-23)22-19(25)21-10-7-18-20-11-14-24(18)15-16-5-3-2-4-6-16/h2-6,11,14,17H,7-10,12-13,15H2,1H3,(H2,21,22,25). The number of nitrogens with one attached hydrogen (secondary N) is 2. The van der Waals surface area contributed by atoms with E-state index in [1.165, 1.54) is 5.56 Å². The molecule has 2 amide bonds. The molecule has 0 atom stereocenters. The van der Waals surface area contributed by atoms with Gasteiger partial charge in [-0.1, -0.05) is 30.3 Å². The molecule has 1 aromatic heterocycles. The molecule has 1 fully saturated rings. The fourth-order valence-electron chi connectivity index (χ4n) is 3.17. The first-order valence-corrected chi connectivity index (χ1v) is 8.97. The Balaban J connectivity index is 1.42. The Labute approximate surface area is 149 Å². The molecule has 134 valence electrons. The van der Waals surface area contributed by atoms with Crippen LogP contribution in [-0.2, 0) is 13.0 Å². The number of hydrogen-bond donors (Lipinski definition) is 2. The topological polar surface area (TPSA) is 62.2 Å². The van der Waals surface area contributed by atoms with Gasteiger partial charge in [0.25, 0.3) is 0 Å². The van der Waals surface area contributed by atoms with Crippen molar-refractivity contribution in [3.63, 3.8) is 0 Å². The van der Waals surface area contributed by atoms with Crippen LogP contribution in [0.4, 0.5) is 4.79 Å². The molecule has 0 radical (unpaired) electrons. The summed E-state index contributed by atoms with van der Waals surface area (Å²) >= 11 is 0. The van der Waals surface area contributed by atoms with E-state index in [1.54, 1.807) is 0 Å². The number of piperidine rings is 1. The van der Waals surface area contributed by atoms with Crippen LogP contribution in [0.2, 0.25) is 0 Å². The third kappa shape index (κ3) is 5.32. The molecule has 2 heterocycles.